The SMILES string of the molecule is CCOc1cc(/C=C2/SC(=O)N(CC(=O)N3CCCCC3)C2=O)ccc1OCc1ccc(Cl)cc1Cl. The number of amides is 3. The van der Waals surface area contributed by atoms with Crippen molar-refractivity contribution in [1.82, 2.24) is 9.80 Å². The average molecular weight is 549 g/mol. The molecule has 0 atom stereocenters. The molecule has 4 rings (SSSR count). The van der Waals surface area contributed by atoms with Crippen LogP contribution in [0, 0.1) is 0 Å². The van der Waals surface area contributed by atoms with Gasteiger partial charge in [-0.05, 0) is 73.9 Å². The average Bonchev–Trinajstić information content (AvgIpc) is 3.12. The molecule has 2 saturated heterocycles. The fourth-order valence-electron chi connectivity index (χ4n) is 3.96. The molecule has 0 spiro atoms. The minimum atomic E-state index is -0.467. The Morgan fingerprint density at radius 1 is 1.03 bits per heavy atom. The van der Waals surface area contributed by atoms with Crippen molar-refractivity contribution < 1.29 is 23.9 Å². The molecular formula is C26H26Cl2N2O5S. The maximum atomic E-state index is 12.9. The quantitative estimate of drug-likeness (QED) is 0.375. The van der Waals surface area contributed by atoms with E-state index in [1.807, 2.05) is 6.92 Å². The Labute approximate surface area is 224 Å². The van der Waals surface area contributed by atoms with Crippen LogP contribution in [0.4, 0.5) is 4.79 Å². The number of benzene rings is 2. The van der Waals surface area contributed by atoms with Crippen LogP contribution in [-0.4, -0.2) is 53.1 Å². The molecule has 0 unspecified atom stereocenters. The maximum absolute atomic E-state index is 12.9. The van der Waals surface area contributed by atoms with Crippen LogP contribution in [0.1, 0.15) is 37.3 Å². The molecule has 3 amide bonds. The molecule has 36 heavy (non-hydrogen) atoms. The van der Waals surface area contributed by atoms with E-state index >= 15 is 0 Å². The Kier molecular flexibility index (Phi) is 8.82. The Hall–Kier alpha value is -2.68. The zero-order valence-electron chi connectivity index (χ0n) is 19.8. The number of imide groups is 1. The molecule has 0 aliphatic carbocycles. The molecular weight excluding hydrogens is 523 g/mol. The Morgan fingerprint density at radius 2 is 1.81 bits per heavy atom. The van der Waals surface area contributed by atoms with Crippen molar-refractivity contribution in [2.45, 2.75) is 32.8 Å². The van der Waals surface area contributed by atoms with Gasteiger partial charge in [0.25, 0.3) is 11.1 Å². The molecule has 2 fully saturated rings. The van der Waals surface area contributed by atoms with Crippen molar-refractivity contribution in [2.24, 2.45) is 0 Å². The molecule has 190 valence electrons. The summed E-state index contributed by atoms with van der Waals surface area (Å²) in [6, 6.07) is 10.5. The number of ether oxygens (including phenoxy) is 2. The first-order valence-electron chi connectivity index (χ1n) is 11.7. The molecule has 2 aromatic carbocycles. The fourth-order valence-corrected chi connectivity index (χ4v) is 5.26. The molecule has 2 aromatic rings. The lowest BCUT2D eigenvalue weighted by Gasteiger charge is -2.27. The normalized spacial score (nSPS) is 17.1. The van der Waals surface area contributed by atoms with Crippen LogP contribution < -0.4 is 9.47 Å². The first-order chi connectivity index (χ1) is 17.4. The number of halogens is 2. The van der Waals surface area contributed by atoms with Crippen molar-refractivity contribution in [3.05, 3.63) is 62.5 Å². The maximum Gasteiger partial charge on any atom is 0.294 e. The van der Waals surface area contributed by atoms with Gasteiger partial charge < -0.3 is 14.4 Å². The van der Waals surface area contributed by atoms with Crippen LogP contribution in [0.3, 0.4) is 0 Å². The number of nitrogens with zero attached hydrogens (tertiary/aromatic N) is 2. The highest BCUT2D eigenvalue weighted by Crippen LogP contribution is 2.35. The number of thioether (sulfide) groups is 1. The first-order valence-corrected chi connectivity index (χ1v) is 13.3. The van der Waals surface area contributed by atoms with Crippen molar-refractivity contribution in [3.63, 3.8) is 0 Å². The van der Waals surface area contributed by atoms with Crippen LogP contribution in [0.15, 0.2) is 41.3 Å². The third-order valence-corrected chi connectivity index (χ3v) is 7.33. The van der Waals surface area contributed by atoms with E-state index in [1.165, 1.54) is 0 Å². The summed E-state index contributed by atoms with van der Waals surface area (Å²) < 4.78 is 11.7. The first kappa shape index (κ1) is 26.4. The van der Waals surface area contributed by atoms with Crippen LogP contribution in [0.2, 0.25) is 10.0 Å². The number of hydrogen-bond acceptors (Lipinski definition) is 6. The van der Waals surface area contributed by atoms with Gasteiger partial charge in [0.05, 0.1) is 11.5 Å². The molecule has 0 N–H and O–H groups in total. The van der Waals surface area contributed by atoms with E-state index in [2.05, 4.69) is 0 Å². The van der Waals surface area contributed by atoms with Crippen LogP contribution >= 0.6 is 35.0 Å². The minimum absolute atomic E-state index is 0.195. The van der Waals surface area contributed by atoms with Crippen LogP contribution in [-0.2, 0) is 16.2 Å². The molecule has 0 saturated carbocycles. The van der Waals surface area contributed by atoms with Gasteiger partial charge in [0.15, 0.2) is 11.5 Å². The summed E-state index contributed by atoms with van der Waals surface area (Å²) >= 11 is 13.0. The van der Waals surface area contributed by atoms with Gasteiger partial charge in [-0.3, -0.25) is 19.3 Å². The second-order valence-electron chi connectivity index (χ2n) is 8.37. The van der Waals surface area contributed by atoms with Gasteiger partial charge in [-0.1, -0.05) is 35.3 Å². The predicted octanol–water partition coefficient (Wildman–Crippen LogP) is 6.02. The van der Waals surface area contributed by atoms with Crippen molar-refractivity contribution in [1.29, 1.82) is 0 Å². The Morgan fingerprint density at radius 3 is 2.53 bits per heavy atom. The number of piperidine rings is 1. The van der Waals surface area contributed by atoms with E-state index in [-0.39, 0.29) is 24.0 Å². The van der Waals surface area contributed by atoms with Gasteiger partial charge >= 0.3 is 0 Å². The smallest absolute Gasteiger partial charge is 0.294 e. The molecule has 7 nitrogen and oxygen atoms in total. The van der Waals surface area contributed by atoms with E-state index in [1.54, 1.807) is 47.4 Å². The summed E-state index contributed by atoms with van der Waals surface area (Å²) in [4.78, 5) is 41.0. The van der Waals surface area contributed by atoms with Gasteiger partial charge in [-0.15, -0.1) is 0 Å². The highest BCUT2D eigenvalue weighted by molar-refractivity contribution is 8.18. The molecule has 0 aromatic heterocycles. The Bertz CT molecular complexity index is 1200. The monoisotopic (exact) mass is 548 g/mol. The van der Waals surface area contributed by atoms with Crippen LogP contribution in [0.25, 0.3) is 6.08 Å². The van der Waals surface area contributed by atoms with E-state index < -0.39 is 11.1 Å². The highest BCUT2D eigenvalue weighted by Gasteiger charge is 2.37. The lowest BCUT2D eigenvalue weighted by molar-refractivity contribution is -0.136. The molecule has 2 heterocycles. The van der Waals surface area contributed by atoms with Crippen molar-refractivity contribution >= 4 is 58.1 Å². The van der Waals surface area contributed by atoms with Gasteiger partial charge in [0, 0.05) is 28.7 Å². The summed E-state index contributed by atoms with van der Waals surface area (Å²) in [5.41, 5.74) is 1.45. The van der Waals surface area contributed by atoms with Crippen molar-refractivity contribution in [2.75, 3.05) is 26.2 Å². The van der Waals surface area contributed by atoms with Crippen LogP contribution in [0.5, 0.6) is 11.5 Å². The van der Waals surface area contributed by atoms with E-state index in [0.717, 1.165) is 41.5 Å². The zero-order chi connectivity index (χ0) is 25.7. The lowest BCUT2D eigenvalue weighted by Crippen LogP contribution is -2.44. The summed E-state index contributed by atoms with van der Waals surface area (Å²) in [5.74, 6) is 0.348. The third-order valence-electron chi connectivity index (χ3n) is 5.84. The van der Waals surface area contributed by atoms with Crippen molar-refractivity contribution in [3.8, 4) is 11.5 Å². The molecule has 0 radical (unpaired) electrons. The van der Waals surface area contributed by atoms with Gasteiger partial charge in [-0.25, -0.2) is 0 Å². The van der Waals surface area contributed by atoms with Gasteiger partial charge in [0.2, 0.25) is 5.91 Å². The lowest BCUT2D eigenvalue weighted by atomic mass is 10.1. The second-order valence-corrected chi connectivity index (χ2v) is 10.2. The molecule has 2 aliphatic heterocycles. The molecule has 0 bridgehead atoms. The molecule has 2 aliphatic rings. The van der Waals surface area contributed by atoms with E-state index in [4.69, 9.17) is 32.7 Å². The third kappa shape index (κ3) is 6.35. The summed E-state index contributed by atoms with van der Waals surface area (Å²) in [7, 11) is 0. The fraction of sp³-hybridized carbons (Fsp3) is 0.346. The minimum Gasteiger partial charge on any atom is -0.490 e. The number of carbonyl (C=O) groups excluding carboxylic acids is 3. The standard InChI is InChI=1S/C26H26Cl2N2O5S/c1-2-34-22-12-17(6-9-21(22)35-16-18-7-8-19(27)14-20(18)28)13-23-25(32)30(26(33)36-23)15-24(31)29-10-4-3-5-11-29/h6-9,12-14H,2-5,10-11,15-16H2,1H3/b23-13+. The molecule has 10 heteroatoms. The second kappa shape index (κ2) is 12.0. The number of likely N-dealkylation sites (tertiary alicyclic amines) is 1. The number of rotatable bonds is 8. The number of carbonyl (C=O) groups is 3. The topological polar surface area (TPSA) is 76.2 Å². The van der Waals surface area contributed by atoms with E-state index in [9.17, 15) is 14.4 Å². The zero-order valence-corrected chi connectivity index (χ0v) is 22.1. The summed E-state index contributed by atoms with van der Waals surface area (Å²) in [5, 5.41) is 0.608. The predicted molar refractivity (Wildman–Crippen MR) is 142 cm³/mol. The summed E-state index contributed by atoms with van der Waals surface area (Å²) in [6.45, 7) is 3.60. The largest absolute Gasteiger partial charge is 0.490 e. The summed E-state index contributed by atoms with van der Waals surface area (Å²) in [6.07, 6.45) is 4.61. The van der Waals surface area contributed by atoms with Gasteiger partial charge in [0.1, 0.15) is 13.2 Å². The van der Waals surface area contributed by atoms with Gasteiger partial charge in [-0.2, -0.15) is 0 Å². The highest BCUT2D eigenvalue weighted by atomic mass is 35.5. The number of hydrogen-bond donors (Lipinski definition) is 0. The Balaban J connectivity index is 1.46. The van der Waals surface area contributed by atoms with E-state index in [0.29, 0.717) is 46.8 Å².